The van der Waals surface area contributed by atoms with Crippen molar-refractivity contribution in [2.75, 3.05) is 6.54 Å². The Morgan fingerprint density at radius 3 is 3.00 bits per heavy atom. The highest BCUT2D eigenvalue weighted by Crippen LogP contribution is 2.32. The molecule has 1 heterocycles. The minimum Gasteiger partial charge on any atom is -0.480 e. The van der Waals surface area contributed by atoms with Crippen LogP contribution in [0, 0.1) is 5.92 Å². The summed E-state index contributed by atoms with van der Waals surface area (Å²) in [6, 6.07) is -0.367. The van der Waals surface area contributed by atoms with Gasteiger partial charge in [-0.05, 0) is 18.8 Å². The van der Waals surface area contributed by atoms with Crippen LogP contribution in [0.25, 0.3) is 0 Å². The van der Waals surface area contributed by atoms with Gasteiger partial charge in [0.1, 0.15) is 6.04 Å². The lowest BCUT2D eigenvalue weighted by Crippen LogP contribution is -2.40. The second-order valence-corrected chi connectivity index (χ2v) is 3.91. The zero-order valence-electron chi connectivity index (χ0n) is 8.47. The Hall–Kier alpha value is -1.36. The molecular formula is C10H15N3O2. The second-order valence-electron chi connectivity index (χ2n) is 3.91. The number of nitrogens with one attached hydrogen (secondary N) is 1. The highest BCUT2D eigenvalue weighted by Gasteiger charge is 2.35. The normalized spacial score (nSPS) is 17.6. The van der Waals surface area contributed by atoms with E-state index in [0.717, 1.165) is 19.4 Å². The fourth-order valence-corrected chi connectivity index (χ4v) is 1.65. The number of carboxylic acids is 1. The first-order valence-corrected chi connectivity index (χ1v) is 5.19. The van der Waals surface area contributed by atoms with Crippen molar-refractivity contribution >= 4 is 5.97 Å². The Bertz CT molecular complexity index is 319. The molecule has 2 N–H and O–H groups in total. The van der Waals surface area contributed by atoms with Gasteiger partial charge in [-0.2, -0.15) is 0 Å². The summed E-state index contributed by atoms with van der Waals surface area (Å²) in [4.78, 5) is 14.8. The molecule has 0 spiro atoms. The molecule has 5 heteroatoms. The van der Waals surface area contributed by atoms with Crippen molar-refractivity contribution in [1.82, 2.24) is 14.9 Å². The van der Waals surface area contributed by atoms with Crippen molar-refractivity contribution < 1.29 is 9.90 Å². The summed E-state index contributed by atoms with van der Waals surface area (Å²) in [5.74, 6) is -0.395. The smallest absolute Gasteiger partial charge is 0.320 e. The Labute approximate surface area is 88.1 Å². The molecule has 1 aromatic heterocycles. The van der Waals surface area contributed by atoms with E-state index < -0.39 is 5.97 Å². The first kappa shape index (κ1) is 10.2. The van der Waals surface area contributed by atoms with Gasteiger partial charge in [0, 0.05) is 25.5 Å². The molecule has 15 heavy (non-hydrogen) atoms. The average Bonchev–Trinajstić information content (AvgIpc) is 2.89. The second kappa shape index (κ2) is 4.44. The quantitative estimate of drug-likeness (QED) is 0.708. The minimum atomic E-state index is -0.733. The lowest BCUT2D eigenvalue weighted by Gasteiger charge is -2.13. The molecule has 0 amide bonds. The fraction of sp³-hybridized carbons (Fsp3) is 0.600. The number of rotatable bonds is 6. The van der Waals surface area contributed by atoms with Crippen molar-refractivity contribution in [2.24, 2.45) is 5.92 Å². The van der Waals surface area contributed by atoms with Crippen LogP contribution in [0.2, 0.25) is 0 Å². The van der Waals surface area contributed by atoms with E-state index in [4.69, 9.17) is 5.11 Å². The van der Waals surface area contributed by atoms with Crippen molar-refractivity contribution in [3.63, 3.8) is 0 Å². The molecule has 82 valence electrons. The Balaban J connectivity index is 1.74. The van der Waals surface area contributed by atoms with E-state index in [9.17, 15) is 4.79 Å². The Morgan fingerprint density at radius 1 is 1.67 bits per heavy atom. The van der Waals surface area contributed by atoms with Gasteiger partial charge in [0.2, 0.25) is 0 Å². The third-order valence-electron chi connectivity index (χ3n) is 2.65. The first-order valence-electron chi connectivity index (χ1n) is 5.19. The Kier molecular flexibility index (Phi) is 3.01. The summed E-state index contributed by atoms with van der Waals surface area (Å²) < 4.78 is 1.93. The lowest BCUT2D eigenvalue weighted by molar-refractivity contribution is -0.140. The molecule has 0 aromatic carbocycles. The maximum atomic E-state index is 10.9. The van der Waals surface area contributed by atoms with Crippen LogP contribution in [0.3, 0.4) is 0 Å². The first-order chi connectivity index (χ1) is 7.27. The van der Waals surface area contributed by atoms with Crippen LogP contribution >= 0.6 is 0 Å². The van der Waals surface area contributed by atoms with Crippen LogP contribution < -0.4 is 5.32 Å². The van der Waals surface area contributed by atoms with E-state index in [1.807, 2.05) is 10.8 Å². The number of aliphatic carboxylic acids is 1. The number of carbonyl (C=O) groups is 1. The van der Waals surface area contributed by atoms with Crippen molar-refractivity contribution in [3.8, 4) is 0 Å². The van der Waals surface area contributed by atoms with Crippen LogP contribution in [0.5, 0.6) is 0 Å². The van der Waals surface area contributed by atoms with Gasteiger partial charge >= 0.3 is 5.97 Å². The van der Waals surface area contributed by atoms with Crippen molar-refractivity contribution in [3.05, 3.63) is 18.7 Å². The third-order valence-corrected chi connectivity index (χ3v) is 2.65. The van der Waals surface area contributed by atoms with Gasteiger partial charge in [0.05, 0.1) is 6.33 Å². The molecule has 1 aliphatic rings. The van der Waals surface area contributed by atoms with E-state index >= 15 is 0 Å². The SMILES string of the molecule is O=C(O)C(NCCn1ccnc1)C1CC1. The van der Waals surface area contributed by atoms with Gasteiger partial charge in [0.15, 0.2) is 0 Å². The van der Waals surface area contributed by atoms with Gasteiger partial charge in [0.25, 0.3) is 0 Å². The standard InChI is InChI=1S/C10H15N3O2/c14-10(15)9(8-1-2-8)12-4-6-13-5-3-11-7-13/h3,5,7-9,12H,1-2,4,6H2,(H,14,15). The zero-order chi connectivity index (χ0) is 10.7. The number of carboxylic acid groups (broad SMARTS) is 1. The van der Waals surface area contributed by atoms with Crippen LogP contribution in [-0.4, -0.2) is 33.2 Å². The van der Waals surface area contributed by atoms with Gasteiger partial charge < -0.3 is 15.0 Å². The fourth-order valence-electron chi connectivity index (χ4n) is 1.65. The molecule has 1 unspecified atom stereocenters. The number of nitrogens with zero attached hydrogens (tertiary/aromatic N) is 2. The maximum absolute atomic E-state index is 10.9. The summed E-state index contributed by atoms with van der Waals surface area (Å²) in [6.07, 6.45) is 7.39. The molecule has 5 nitrogen and oxygen atoms in total. The molecule has 0 radical (unpaired) electrons. The molecule has 0 saturated heterocycles. The predicted octanol–water partition coefficient (Wildman–Crippen LogP) is 0.336. The minimum absolute atomic E-state index is 0.338. The largest absolute Gasteiger partial charge is 0.480 e. The molecule has 1 fully saturated rings. The van der Waals surface area contributed by atoms with Gasteiger partial charge in [-0.3, -0.25) is 4.79 Å². The maximum Gasteiger partial charge on any atom is 0.320 e. The summed E-state index contributed by atoms with van der Waals surface area (Å²) in [6.45, 7) is 1.43. The molecule has 1 atom stereocenters. The monoisotopic (exact) mass is 209 g/mol. The summed E-state index contributed by atoms with van der Waals surface area (Å²) in [7, 11) is 0. The van der Waals surface area contributed by atoms with Crippen LogP contribution in [0.4, 0.5) is 0 Å². The van der Waals surface area contributed by atoms with Crippen LogP contribution in [0.1, 0.15) is 12.8 Å². The van der Waals surface area contributed by atoms with Gasteiger partial charge in [-0.25, -0.2) is 4.98 Å². The summed E-state index contributed by atoms with van der Waals surface area (Å²) in [5, 5.41) is 12.0. The molecule has 0 bridgehead atoms. The number of hydrogen-bond acceptors (Lipinski definition) is 3. The van der Waals surface area contributed by atoms with Gasteiger partial charge in [-0.15, -0.1) is 0 Å². The molecule has 0 aliphatic heterocycles. The highest BCUT2D eigenvalue weighted by molar-refractivity contribution is 5.74. The van der Waals surface area contributed by atoms with Crippen LogP contribution in [0.15, 0.2) is 18.7 Å². The number of imidazole rings is 1. The molecule has 2 rings (SSSR count). The summed E-state index contributed by atoms with van der Waals surface area (Å²) in [5.41, 5.74) is 0. The van der Waals surface area contributed by atoms with Crippen LogP contribution in [-0.2, 0) is 11.3 Å². The lowest BCUT2D eigenvalue weighted by atomic mass is 10.2. The van der Waals surface area contributed by atoms with Gasteiger partial charge in [-0.1, -0.05) is 0 Å². The number of hydrogen-bond donors (Lipinski definition) is 2. The average molecular weight is 209 g/mol. The summed E-state index contributed by atoms with van der Waals surface area (Å²) >= 11 is 0. The highest BCUT2D eigenvalue weighted by atomic mass is 16.4. The van der Waals surface area contributed by atoms with E-state index in [1.165, 1.54) is 0 Å². The zero-order valence-corrected chi connectivity index (χ0v) is 8.47. The Morgan fingerprint density at radius 2 is 2.47 bits per heavy atom. The van der Waals surface area contributed by atoms with Crippen molar-refractivity contribution in [2.45, 2.75) is 25.4 Å². The molecular weight excluding hydrogens is 194 g/mol. The van der Waals surface area contributed by atoms with E-state index in [1.54, 1.807) is 12.5 Å². The molecule has 1 aromatic rings. The molecule has 1 saturated carbocycles. The predicted molar refractivity (Wildman–Crippen MR) is 54.4 cm³/mol. The van der Waals surface area contributed by atoms with E-state index in [-0.39, 0.29) is 6.04 Å². The third kappa shape index (κ3) is 2.79. The topological polar surface area (TPSA) is 67.2 Å². The molecule has 1 aliphatic carbocycles. The van der Waals surface area contributed by atoms with Crippen molar-refractivity contribution in [1.29, 1.82) is 0 Å². The van der Waals surface area contributed by atoms with E-state index in [0.29, 0.717) is 12.5 Å². The number of aromatic nitrogens is 2. The van der Waals surface area contributed by atoms with E-state index in [2.05, 4.69) is 10.3 Å².